The second-order valence-corrected chi connectivity index (χ2v) is 8.86. The minimum Gasteiger partial charge on any atom is -0.870 e. The van der Waals surface area contributed by atoms with Gasteiger partial charge >= 0.3 is 66.4 Å². The Morgan fingerprint density at radius 2 is 0.964 bits per heavy atom. The first-order valence-electron chi connectivity index (χ1n) is 14.5. The molecule has 0 bridgehead atoms. The molecule has 0 fully saturated rings. The van der Waals surface area contributed by atoms with Crippen LogP contribution in [-0.2, 0) is 29.9 Å². The van der Waals surface area contributed by atoms with Crippen LogP contribution < -0.4 is 19.7 Å². The molecule has 0 spiro atoms. The SMILES string of the molecule is CC#N.COc1cccc(C=NCCc2ccccn2)c1[O-].COc1cccc(C=NCCc2ccccn2)c1[O-].O=[N+]([O-])[O-].O=[N+]([O-])[O-].O=[N+]([O-])[O-].[Cu+2].[Eu+3]. The number of rotatable bonds is 10. The Hall–Kier alpha value is -5.53. The summed E-state index contributed by atoms with van der Waals surface area (Å²) in [4.78, 5) is 41.7. The van der Waals surface area contributed by atoms with Gasteiger partial charge in [-0.15, -0.1) is 0 Å². The number of para-hydroxylation sites is 2. The normalized spacial score (nSPS) is 8.91. The van der Waals surface area contributed by atoms with E-state index in [0.717, 1.165) is 24.2 Å². The van der Waals surface area contributed by atoms with E-state index in [1.807, 2.05) is 36.4 Å². The maximum Gasteiger partial charge on any atom is 3.00 e. The maximum absolute atomic E-state index is 11.8. The second kappa shape index (κ2) is 36.8. The number of hydrogen-bond acceptors (Lipinski definition) is 18. The predicted molar refractivity (Wildman–Crippen MR) is 188 cm³/mol. The van der Waals surface area contributed by atoms with Crippen LogP contribution in [0.3, 0.4) is 0 Å². The molecule has 2 aromatic heterocycles. The van der Waals surface area contributed by atoms with Crippen LogP contribution in [0.25, 0.3) is 0 Å². The fourth-order valence-electron chi connectivity index (χ4n) is 3.37. The Labute approximate surface area is 366 Å². The molecule has 23 heteroatoms. The third kappa shape index (κ3) is 32.8. The summed E-state index contributed by atoms with van der Waals surface area (Å²) in [5, 5.41) is 75.2. The minimum absolute atomic E-state index is 0. The molecule has 0 atom stereocenters. The Bertz CT molecular complexity index is 1590. The van der Waals surface area contributed by atoms with Crippen LogP contribution in [0.15, 0.2) is 95.2 Å². The quantitative estimate of drug-likeness (QED) is 0.0950. The molecule has 21 nitrogen and oxygen atoms in total. The van der Waals surface area contributed by atoms with Gasteiger partial charge < -0.3 is 65.7 Å². The number of methoxy groups -OCH3 is 2. The van der Waals surface area contributed by atoms with Crippen molar-refractivity contribution < 1.29 is 101 Å². The predicted octanol–water partition coefficient (Wildman–Crippen LogP) is 3.46. The molecule has 4 rings (SSSR count). The van der Waals surface area contributed by atoms with Crippen molar-refractivity contribution in [3.8, 4) is 29.1 Å². The fourth-order valence-corrected chi connectivity index (χ4v) is 3.37. The van der Waals surface area contributed by atoms with Crippen molar-refractivity contribution in [1.82, 2.24) is 9.97 Å². The smallest absolute Gasteiger partial charge is 0.870 e. The van der Waals surface area contributed by atoms with Crippen LogP contribution in [0.2, 0.25) is 0 Å². The molecule has 0 aliphatic rings. The molecule has 297 valence electrons. The van der Waals surface area contributed by atoms with Crippen LogP contribution in [0, 0.1) is 107 Å². The number of hydrogen-bond donors (Lipinski definition) is 0. The molecule has 0 saturated carbocycles. The Balaban J connectivity index is -0.000000338. The number of aromatic nitrogens is 2. The maximum atomic E-state index is 11.8. The number of aliphatic imine (C=N–C) groups is 2. The molecule has 0 saturated heterocycles. The molecule has 0 amide bonds. The number of ether oxygens (including phenoxy) is 2. The van der Waals surface area contributed by atoms with Crippen LogP contribution in [0.4, 0.5) is 0 Å². The van der Waals surface area contributed by atoms with Gasteiger partial charge in [0.05, 0.1) is 35.5 Å². The average molecular weight is 953 g/mol. The van der Waals surface area contributed by atoms with Crippen molar-refractivity contribution in [3.63, 3.8) is 0 Å². The third-order valence-corrected chi connectivity index (χ3v) is 5.37. The monoisotopic (exact) mass is 953 g/mol. The summed E-state index contributed by atoms with van der Waals surface area (Å²) in [5.74, 6) is 0.417. The van der Waals surface area contributed by atoms with Gasteiger partial charge in [-0.05, 0) is 47.5 Å². The Morgan fingerprint density at radius 3 is 1.22 bits per heavy atom. The van der Waals surface area contributed by atoms with E-state index in [9.17, 15) is 10.2 Å². The van der Waals surface area contributed by atoms with Gasteiger partial charge in [0, 0.05) is 69.1 Å². The third-order valence-electron chi connectivity index (χ3n) is 5.37. The first-order valence-corrected chi connectivity index (χ1v) is 14.5. The molecule has 4 aromatic rings. The van der Waals surface area contributed by atoms with Gasteiger partial charge in [-0.2, -0.15) is 5.26 Å². The van der Waals surface area contributed by atoms with Gasteiger partial charge in [0.15, 0.2) is 0 Å². The van der Waals surface area contributed by atoms with Gasteiger partial charge in [0.25, 0.3) is 0 Å². The summed E-state index contributed by atoms with van der Waals surface area (Å²) in [6.45, 7) is 2.64. The molecule has 1 radical (unpaired) electrons. The van der Waals surface area contributed by atoms with Crippen molar-refractivity contribution in [3.05, 3.63) is 154 Å². The van der Waals surface area contributed by atoms with E-state index in [1.165, 1.54) is 21.1 Å². The van der Waals surface area contributed by atoms with E-state index in [0.29, 0.717) is 35.7 Å². The van der Waals surface area contributed by atoms with Gasteiger partial charge in [0.1, 0.15) is 11.5 Å². The molecule has 0 aliphatic heterocycles. The average Bonchev–Trinajstić information content (AvgIpc) is 3.11. The van der Waals surface area contributed by atoms with E-state index < -0.39 is 15.3 Å². The molecule has 0 aliphatic carbocycles. The summed E-state index contributed by atoms with van der Waals surface area (Å²) in [5.41, 5.74) is 3.07. The zero-order chi connectivity index (χ0) is 40.4. The number of benzene rings is 2. The zero-order valence-corrected chi connectivity index (χ0v) is 32.5. The first kappa shape index (κ1) is 56.2. The number of pyridine rings is 2. The standard InChI is InChI=1S/2C15H16N2O2.C2H3N.Cu.Eu.3NO3/c2*1-19-14-7-4-5-12(15(14)18)11-16-10-8-13-6-2-3-9-17-13;1-2-3;;;3*2-1(3)4/h2*2-7,9,11,18H,8,10H2,1H3;1H3;;;;;/q;;;+2;+3;3*-1/p-2. The van der Waals surface area contributed by atoms with Crippen molar-refractivity contribution in [1.29, 1.82) is 5.26 Å². The van der Waals surface area contributed by atoms with Crippen LogP contribution >= 0.6 is 0 Å². The van der Waals surface area contributed by atoms with E-state index in [2.05, 4.69) is 20.0 Å². The molecule has 2 heterocycles. The summed E-state index contributed by atoms with van der Waals surface area (Å²) in [7, 11) is 2.97. The molecule has 0 unspecified atom stereocenters. The minimum atomic E-state index is -1.75. The van der Waals surface area contributed by atoms with Crippen LogP contribution in [-0.4, -0.2) is 65.0 Å². The molecular formula is C32H33CuEuN8O13. The van der Waals surface area contributed by atoms with Crippen molar-refractivity contribution >= 4 is 12.4 Å². The zero-order valence-electron chi connectivity index (χ0n) is 29.1. The van der Waals surface area contributed by atoms with E-state index in [4.69, 9.17) is 60.7 Å². The summed E-state index contributed by atoms with van der Waals surface area (Å²) in [6, 6.07) is 23.6. The van der Waals surface area contributed by atoms with Crippen LogP contribution in [0.5, 0.6) is 23.0 Å². The number of nitrogens with zero attached hydrogens (tertiary/aromatic N) is 8. The summed E-state index contributed by atoms with van der Waals surface area (Å²) >= 11 is 0. The number of nitriles is 1. The van der Waals surface area contributed by atoms with Crippen LogP contribution in [0.1, 0.15) is 29.4 Å². The Morgan fingerprint density at radius 1 is 0.655 bits per heavy atom. The van der Waals surface area contributed by atoms with E-state index >= 15 is 0 Å². The van der Waals surface area contributed by atoms with Gasteiger partial charge in [-0.25, -0.2) is 0 Å². The van der Waals surface area contributed by atoms with E-state index in [-0.39, 0.29) is 77.9 Å². The van der Waals surface area contributed by atoms with Crippen molar-refractivity contribution in [2.45, 2.75) is 19.8 Å². The van der Waals surface area contributed by atoms with Gasteiger partial charge in [-0.3, -0.25) is 20.0 Å². The molecule has 2 aromatic carbocycles. The van der Waals surface area contributed by atoms with Gasteiger partial charge in [0.2, 0.25) is 0 Å². The van der Waals surface area contributed by atoms with E-state index in [1.54, 1.807) is 67.3 Å². The largest absolute Gasteiger partial charge is 3.00 e. The molecular weight excluding hydrogens is 920 g/mol. The second-order valence-electron chi connectivity index (χ2n) is 8.86. The van der Waals surface area contributed by atoms with Crippen molar-refractivity contribution in [2.75, 3.05) is 27.3 Å². The topological polar surface area (TPSA) is 337 Å². The molecule has 0 N–H and O–H groups in total. The Kier molecular flexibility index (Phi) is 37.6. The summed E-state index contributed by atoms with van der Waals surface area (Å²) < 4.78 is 9.95. The fraction of sp³-hybridized carbons (Fsp3) is 0.219. The van der Waals surface area contributed by atoms with Gasteiger partial charge in [-0.1, -0.05) is 47.9 Å². The first-order chi connectivity index (χ1) is 25.2. The van der Waals surface area contributed by atoms with Crippen molar-refractivity contribution in [2.24, 2.45) is 9.98 Å². The summed E-state index contributed by atoms with van der Waals surface area (Å²) in [6.07, 6.45) is 8.22. The molecule has 55 heavy (non-hydrogen) atoms.